The Labute approximate surface area is 91.0 Å². The quantitative estimate of drug-likeness (QED) is 0.196. The van der Waals surface area contributed by atoms with Gasteiger partial charge in [-0.05, 0) is 0 Å². The van der Waals surface area contributed by atoms with E-state index in [4.69, 9.17) is 27.6 Å². The van der Waals surface area contributed by atoms with Crippen LogP contribution in [-0.4, -0.2) is 66.4 Å². The molecule has 0 rings (SSSR count). The Morgan fingerprint density at radius 2 is 1.44 bits per heavy atom. The number of hydrogen-bond donors (Lipinski definition) is 1. The van der Waals surface area contributed by atoms with Crippen LogP contribution >= 0.6 is 0 Å². The molecule has 0 radical (unpaired) electrons. The zero-order valence-electron chi connectivity index (χ0n) is 4.05. The minimum absolute atomic E-state index is 0. The van der Waals surface area contributed by atoms with E-state index in [9.17, 15) is 0 Å². The van der Waals surface area contributed by atoms with Crippen LogP contribution in [0.15, 0.2) is 5.34 Å². The van der Waals surface area contributed by atoms with E-state index in [0.29, 0.717) is 0 Å². The summed E-state index contributed by atoms with van der Waals surface area (Å²) in [5, 5.41) is 9.00. The van der Waals surface area contributed by atoms with Crippen molar-refractivity contribution in [1.29, 1.82) is 0 Å². The minimum Gasteiger partial charge on any atom is -0.726 e. The van der Waals surface area contributed by atoms with Crippen LogP contribution < -0.4 is 0 Å². The standard InChI is InChI=1S/Ba.HNO2.H2O4S/c;2-1-3;1-5(2,3)4/h;(H,2,3);(H2,1,2,3,4)/q+2;;/p-2. The molecule has 0 saturated heterocycles. The van der Waals surface area contributed by atoms with E-state index in [-0.39, 0.29) is 48.9 Å². The SMILES string of the molecule is O=N[O-].O=S(=O)([O-])O.[Ba+2]. The maximum absolute atomic E-state index is 8.63. The molecule has 0 amide bonds. The molecule has 0 aromatic carbocycles. The van der Waals surface area contributed by atoms with Gasteiger partial charge in [-0.3, -0.25) is 4.55 Å². The average molecular weight is 280 g/mol. The van der Waals surface area contributed by atoms with Crippen molar-refractivity contribution in [2.24, 2.45) is 5.34 Å². The van der Waals surface area contributed by atoms with Gasteiger partial charge in [0.25, 0.3) is 0 Å². The van der Waals surface area contributed by atoms with Gasteiger partial charge in [-0.15, -0.1) is 5.34 Å². The summed E-state index contributed by atoms with van der Waals surface area (Å²) in [7, 11) is -4.92. The summed E-state index contributed by atoms with van der Waals surface area (Å²) in [4.78, 5) is 8.00. The summed E-state index contributed by atoms with van der Waals surface area (Å²) in [6, 6.07) is 0. The van der Waals surface area contributed by atoms with Gasteiger partial charge in [0.2, 0.25) is 10.4 Å². The van der Waals surface area contributed by atoms with E-state index < -0.39 is 10.4 Å². The predicted octanol–water partition coefficient (Wildman–Crippen LogP) is -1.13. The summed E-state index contributed by atoms with van der Waals surface area (Å²) in [6.07, 6.45) is 0. The van der Waals surface area contributed by atoms with Crippen molar-refractivity contribution in [3.05, 3.63) is 10.1 Å². The molecule has 0 spiro atoms. The van der Waals surface area contributed by atoms with Gasteiger partial charge in [0.05, 0.1) is 0 Å². The second-order valence-corrected chi connectivity index (χ2v) is 1.36. The molecular weight excluding hydrogens is 279 g/mol. The molecule has 9 heteroatoms. The molecule has 0 aliphatic heterocycles. The molecule has 0 atom stereocenters. The van der Waals surface area contributed by atoms with Gasteiger partial charge in [-0.1, -0.05) is 0 Å². The van der Waals surface area contributed by atoms with E-state index in [1.54, 1.807) is 0 Å². The summed E-state index contributed by atoms with van der Waals surface area (Å²) >= 11 is 0. The largest absolute Gasteiger partial charge is 2.00 e. The molecule has 0 heterocycles. The Kier molecular flexibility index (Phi) is 16.1. The van der Waals surface area contributed by atoms with Crippen LogP contribution in [0.1, 0.15) is 0 Å². The molecule has 0 fully saturated rings. The molecule has 0 unspecified atom stereocenters. The van der Waals surface area contributed by atoms with Crippen molar-refractivity contribution in [3.8, 4) is 0 Å². The molecule has 0 saturated carbocycles. The second-order valence-electron chi connectivity index (χ2n) is 0.502. The molecular formula is HBaNO6S. The molecule has 0 bridgehead atoms. The topological polar surface area (TPSA) is 130 Å². The molecule has 7 nitrogen and oxygen atoms in total. The predicted molar refractivity (Wildman–Crippen MR) is 27.2 cm³/mol. The normalized spacial score (nSPS) is 7.78. The molecule has 0 aliphatic carbocycles. The maximum atomic E-state index is 8.63. The van der Waals surface area contributed by atoms with Crippen LogP contribution in [0.25, 0.3) is 0 Å². The Balaban J connectivity index is -0.0000000800. The van der Waals surface area contributed by atoms with Gasteiger partial charge >= 0.3 is 48.9 Å². The summed E-state index contributed by atoms with van der Waals surface area (Å²) in [6.45, 7) is 0. The molecule has 0 aromatic heterocycles. The zero-order chi connectivity index (χ0) is 7.21. The summed E-state index contributed by atoms with van der Waals surface area (Å²) < 4.78 is 32.8. The van der Waals surface area contributed by atoms with Crippen LogP contribution in [-0.2, 0) is 10.4 Å². The van der Waals surface area contributed by atoms with Crippen LogP contribution in [0.2, 0.25) is 0 Å². The van der Waals surface area contributed by atoms with Crippen molar-refractivity contribution >= 4 is 59.3 Å². The first-order valence-electron chi connectivity index (χ1n) is 1.05. The number of nitrogens with zero attached hydrogens (tertiary/aromatic N) is 1. The zero-order valence-corrected chi connectivity index (χ0v) is 9.31. The molecule has 0 aliphatic rings. The first-order valence-corrected chi connectivity index (χ1v) is 2.41. The first-order chi connectivity index (χ1) is 3.41. The number of hydrogen-bond acceptors (Lipinski definition) is 6. The molecule has 50 valence electrons. The third kappa shape index (κ3) is 584. The Bertz CT molecular complexity index is 127. The van der Waals surface area contributed by atoms with Crippen LogP contribution in [0.4, 0.5) is 0 Å². The van der Waals surface area contributed by atoms with Crippen molar-refractivity contribution in [1.82, 2.24) is 0 Å². The fourth-order valence-electron chi connectivity index (χ4n) is 0. The second kappa shape index (κ2) is 8.84. The van der Waals surface area contributed by atoms with E-state index in [1.807, 2.05) is 0 Å². The van der Waals surface area contributed by atoms with Crippen LogP contribution in [0.3, 0.4) is 0 Å². The Morgan fingerprint density at radius 3 is 1.44 bits per heavy atom. The fraction of sp³-hybridized carbons (Fsp3) is 0. The van der Waals surface area contributed by atoms with Crippen molar-refractivity contribution in [3.63, 3.8) is 0 Å². The van der Waals surface area contributed by atoms with Gasteiger partial charge in [-0.2, -0.15) is 0 Å². The van der Waals surface area contributed by atoms with Crippen molar-refractivity contribution in [2.45, 2.75) is 0 Å². The first kappa shape index (κ1) is 16.4. The third-order valence-electron chi connectivity index (χ3n) is 0. The maximum Gasteiger partial charge on any atom is 2.00 e. The van der Waals surface area contributed by atoms with Gasteiger partial charge in [0.15, 0.2) is 0 Å². The molecule has 1 N–H and O–H groups in total. The third-order valence-corrected chi connectivity index (χ3v) is 0. The van der Waals surface area contributed by atoms with Gasteiger partial charge in [0, 0.05) is 0 Å². The van der Waals surface area contributed by atoms with E-state index >= 15 is 0 Å². The monoisotopic (exact) mass is 281 g/mol. The van der Waals surface area contributed by atoms with Gasteiger partial charge < -0.3 is 14.7 Å². The Hall–Kier alpha value is 0.841. The molecule has 0 aromatic rings. The van der Waals surface area contributed by atoms with Crippen LogP contribution in [0, 0.1) is 10.1 Å². The van der Waals surface area contributed by atoms with E-state index in [1.165, 1.54) is 0 Å². The van der Waals surface area contributed by atoms with Crippen molar-refractivity contribution < 1.29 is 17.5 Å². The van der Waals surface area contributed by atoms with Gasteiger partial charge in [0.1, 0.15) is 0 Å². The van der Waals surface area contributed by atoms with Crippen LogP contribution in [0.5, 0.6) is 0 Å². The smallest absolute Gasteiger partial charge is 0.726 e. The Morgan fingerprint density at radius 1 is 1.44 bits per heavy atom. The average Bonchev–Trinajstić information content (AvgIpc) is 1.27. The van der Waals surface area contributed by atoms with Crippen molar-refractivity contribution in [2.75, 3.05) is 0 Å². The minimum atomic E-state index is -4.92. The van der Waals surface area contributed by atoms with E-state index in [2.05, 4.69) is 0 Å². The summed E-state index contributed by atoms with van der Waals surface area (Å²) in [5.41, 5.74) is 0. The molecule has 9 heavy (non-hydrogen) atoms. The van der Waals surface area contributed by atoms with E-state index in [0.717, 1.165) is 5.34 Å². The summed E-state index contributed by atoms with van der Waals surface area (Å²) in [5.74, 6) is 0. The van der Waals surface area contributed by atoms with Gasteiger partial charge in [-0.25, -0.2) is 8.42 Å². The number of rotatable bonds is 0. The fourth-order valence-corrected chi connectivity index (χ4v) is 0.